The Morgan fingerprint density at radius 1 is 1.15 bits per heavy atom. The van der Waals surface area contributed by atoms with Crippen molar-refractivity contribution in [2.24, 2.45) is 0 Å². The number of hydrogen-bond acceptors (Lipinski definition) is 5. The molecule has 0 atom stereocenters. The zero-order valence-corrected chi connectivity index (χ0v) is 15.7. The summed E-state index contributed by atoms with van der Waals surface area (Å²) in [5.74, 6) is -0.442. The van der Waals surface area contributed by atoms with Crippen LogP contribution in [-0.2, 0) is 10.0 Å². The molecule has 0 aliphatic heterocycles. The molecule has 0 heterocycles. The highest BCUT2D eigenvalue weighted by atomic mass is 32.2. The van der Waals surface area contributed by atoms with E-state index in [1.165, 1.54) is 41.7 Å². The van der Waals surface area contributed by atoms with Crippen LogP contribution in [0.3, 0.4) is 0 Å². The lowest BCUT2D eigenvalue weighted by Gasteiger charge is -2.19. The number of carbonyl (C=O) groups is 1. The number of hydrogen-bond donors (Lipinski definition) is 2. The van der Waals surface area contributed by atoms with Crippen LogP contribution in [0.2, 0.25) is 0 Å². The van der Waals surface area contributed by atoms with Crippen molar-refractivity contribution < 1.29 is 23.1 Å². The number of phenols is 1. The lowest BCUT2D eigenvalue weighted by Crippen LogP contribution is -2.30. The molecule has 0 radical (unpaired) electrons. The zero-order chi connectivity index (χ0) is 19.3. The van der Waals surface area contributed by atoms with Crippen molar-refractivity contribution in [3.05, 3.63) is 48.0 Å². The van der Waals surface area contributed by atoms with Gasteiger partial charge in [0.25, 0.3) is 5.91 Å². The fraction of sp³-hybridized carbons (Fsp3) is 0.278. The quantitative estimate of drug-likeness (QED) is 0.722. The van der Waals surface area contributed by atoms with Gasteiger partial charge in [-0.25, -0.2) is 8.42 Å². The molecule has 0 saturated carbocycles. The van der Waals surface area contributed by atoms with Crippen molar-refractivity contribution in [2.75, 3.05) is 25.5 Å². The van der Waals surface area contributed by atoms with Gasteiger partial charge in [0, 0.05) is 13.1 Å². The molecule has 0 aromatic heterocycles. The average Bonchev–Trinajstić information content (AvgIpc) is 2.63. The standard InChI is InChI=1S/C18H22N2O5S/c1-4-20(5-2)26(23,24)13-10-11-17(25-3)14(12-13)18(22)19-15-8-6-7-9-16(15)21/h6-12,21H,4-5H2,1-3H3,(H,19,22). The Balaban J connectivity index is 2.44. The van der Waals surface area contributed by atoms with Gasteiger partial charge < -0.3 is 15.2 Å². The summed E-state index contributed by atoms with van der Waals surface area (Å²) in [4.78, 5) is 12.6. The maximum Gasteiger partial charge on any atom is 0.259 e. The fourth-order valence-corrected chi connectivity index (χ4v) is 3.99. The fourth-order valence-electron chi connectivity index (χ4n) is 2.51. The van der Waals surface area contributed by atoms with E-state index in [0.717, 1.165) is 0 Å². The molecule has 0 aliphatic carbocycles. The number of ether oxygens (including phenoxy) is 1. The summed E-state index contributed by atoms with van der Waals surface area (Å²) in [6, 6.07) is 10.4. The number of sulfonamides is 1. The van der Waals surface area contributed by atoms with E-state index in [1.54, 1.807) is 26.0 Å². The molecule has 2 rings (SSSR count). The lowest BCUT2D eigenvalue weighted by molar-refractivity contribution is 0.102. The Bertz CT molecular complexity index is 892. The van der Waals surface area contributed by atoms with Crippen LogP contribution in [0.15, 0.2) is 47.4 Å². The normalized spacial score (nSPS) is 11.4. The second-order valence-electron chi connectivity index (χ2n) is 5.42. The highest BCUT2D eigenvalue weighted by Gasteiger charge is 2.24. The topological polar surface area (TPSA) is 95.9 Å². The molecule has 2 aromatic carbocycles. The summed E-state index contributed by atoms with van der Waals surface area (Å²) in [5.41, 5.74) is 0.278. The molecule has 140 valence electrons. The van der Waals surface area contributed by atoms with Gasteiger partial charge in [0.1, 0.15) is 11.5 Å². The van der Waals surface area contributed by atoms with E-state index in [-0.39, 0.29) is 27.6 Å². The first kappa shape index (κ1) is 19.7. The summed E-state index contributed by atoms with van der Waals surface area (Å²) in [5, 5.41) is 12.4. The Morgan fingerprint density at radius 3 is 2.38 bits per heavy atom. The van der Waals surface area contributed by atoms with Gasteiger partial charge in [-0.15, -0.1) is 0 Å². The number of anilines is 1. The molecule has 2 N–H and O–H groups in total. The molecular formula is C18H22N2O5S. The third-order valence-corrected chi connectivity index (χ3v) is 5.96. The second-order valence-corrected chi connectivity index (χ2v) is 7.36. The van der Waals surface area contributed by atoms with Gasteiger partial charge in [-0.1, -0.05) is 26.0 Å². The minimum absolute atomic E-state index is 0.00411. The van der Waals surface area contributed by atoms with E-state index in [2.05, 4.69) is 5.32 Å². The Hall–Kier alpha value is -2.58. The van der Waals surface area contributed by atoms with Gasteiger partial charge in [-0.2, -0.15) is 4.31 Å². The van der Waals surface area contributed by atoms with Crippen LogP contribution in [-0.4, -0.2) is 43.9 Å². The molecule has 0 bridgehead atoms. The number of amides is 1. The van der Waals surface area contributed by atoms with E-state index in [9.17, 15) is 18.3 Å². The highest BCUT2D eigenvalue weighted by molar-refractivity contribution is 7.89. The third kappa shape index (κ3) is 3.97. The summed E-state index contributed by atoms with van der Waals surface area (Å²) in [6.07, 6.45) is 0. The smallest absolute Gasteiger partial charge is 0.259 e. The van der Waals surface area contributed by atoms with Crippen molar-refractivity contribution >= 4 is 21.6 Å². The Labute approximate surface area is 153 Å². The molecule has 0 unspecified atom stereocenters. The molecule has 0 spiro atoms. The molecule has 0 saturated heterocycles. The molecule has 1 amide bonds. The average molecular weight is 378 g/mol. The molecule has 2 aromatic rings. The number of carbonyl (C=O) groups excluding carboxylic acids is 1. The largest absolute Gasteiger partial charge is 0.506 e. The Kier molecular flexibility index (Phi) is 6.23. The van der Waals surface area contributed by atoms with Crippen LogP contribution >= 0.6 is 0 Å². The predicted molar refractivity (Wildman–Crippen MR) is 99.2 cm³/mol. The number of benzene rings is 2. The SMILES string of the molecule is CCN(CC)S(=O)(=O)c1ccc(OC)c(C(=O)Nc2ccccc2O)c1. The van der Waals surface area contributed by atoms with Gasteiger partial charge in [0.05, 0.1) is 23.3 Å². The maximum absolute atomic E-state index is 12.7. The van der Waals surface area contributed by atoms with Gasteiger partial charge in [0.15, 0.2) is 0 Å². The van der Waals surface area contributed by atoms with E-state index >= 15 is 0 Å². The summed E-state index contributed by atoms with van der Waals surface area (Å²) in [7, 11) is -2.32. The number of methoxy groups -OCH3 is 1. The molecule has 0 fully saturated rings. The highest BCUT2D eigenvalue weighted by Crippen LogP contribution is 2.27. The van der Waals surface area contributed by atoms with Crippen LogP contribution in [0.4, 0.5) is 5.69 Å². The second kappa shape index (κ2) is 8.20. The van der Waals surface area contributed by atoms with Crippen LogP contribution in [0.5, 0.6) is 11.5 Å². The van der Waals surface area contributed by atoms with Crippen molar-refractivity contribution in [3.63, 3.8) is 0 Å². The van der Waals surface area contributed by atoms with Crippen LogP contribution in [0.25, 0.3) is 0 Å². The summed E-state index contributed by atoms with van der Waals surface area (Å²) in [6.45, 7) is 4.14. The monoisotopic (exact) mass is 378 g/mol. The summed E-state index contributed by atoms with van der Waals surface area (Å²) >= 11 is 0. The molecular weight excluding hydrogens is 356 g/mol. The first-order valence-corrected chi connectivity index (χ1v) is 9.56. The van der Waals surface area contributed by atoms with Crippen LogP contribution in [0, 0.1) is 0 Å². The molecule has 26 heavy (non-hydrogen) atoms. The minimum Gasteiger partial charge on any atom is -0.506 e. The van der Waals surface area contributed by atoms with Crippen molar-refractivity contribution in [2.45, 2.75) is 18.7 Å². The van der Waals surface area contributed by atoms with E-state index in [0.29, 0.717) is 13.1 Å². The number of nitrogens with zero attached hydrogens (tertiary/aromatic N) is 1. The third-order valence-electron chi connectivity index (χ3n) is 3.91. The number of phenolic OH excluding ortho intramolecular Hbond substituents is 1. The van der Waals surface area contributed by atoms with E-state index < -0.39 is 15.9 Å². The van der Waals surface area contributed by atoms with Crippen molar-refractivity contribution in [1.29, 1.82) is 0 Å². The van der Waals surface area contributed by atoms with Crippen molar-refractivity contribution in [3.8, 4) is 11.5 Å². The summed E-state index contributed by atoms with van der Waals surface area (Å²) < 4.78 is 31.9. The van der Waals surface area contributed by atoms with Gasteiger partial charge >= 0.3 is 0 Å². The molecule has 8 heteroatoms. The Morgan fingerprint density at radius 2 is 1.81 bits per heavy atom. The van der Waals surface area contributed by atoms with Gasteiger partial charge in [-0.3, -0.25) is 4.79 Å². The van der Waals surface area contributed by atoms with Crippen molar-refractivity contribution in [1.82, 2.24) is 4.31 Å². The number of rotatable bonds is 7. The maximum atomic E-state index is 12.7. The van der Waals surface area contributed by atoms with E-state index in [1.807, 2.05) is 0 Å². The number of nitrogens with one attached hydrogen (secondary N) is 1. The molecule has 7 nitrogen and oxygen atoms in total. The number of para-hydroxylation sites is 2. The lowest BCUT2D eigenvalue weighted by atomic mass is 10.1. The van der Waals surface area contributed by atoms with Crippen LogP contribution < -0.4 is 10.1 Å². The number of aromatic hydroxyl groups is 1. The first-order valence-electron chi connectivity index (χ1n) is 8.12. The predicted octanol–water partition coefficient (Wildman–Crippen LogP) is 2.68. The zero-order valence-electron chi connectivity index (χ0n) is 14.9. The van der Waals surface area contributed by atoms with Crippen LogP contribution in [0.1, 0.15) is 24.2 Å². The van der Waals surface area contributed by atoms with Gasteiger partial charge in [0.2, 0.25) is 10.0 Å². The van der Waals surface area contributed by atoms with E-state index in [4.69, 9.17) is 4.74 Å². The first-order chi connectivity index (χ1) is 12.3. The minimum atomic E-state index is -3.71. The van der Waals surface area contributed by atoms with Gasteiger partial charge in [-0.05, 0) is 30.3 Å². The molecule has 0 aliphatic rings.